The second-order valence-electron chi connectivity index (χ2n) is 8.67. The van der Waals surface area contributed by atoms with Crippen molar-refractivity contribution >= 4 is 29.4 Å². The van der Waals surface area contributed by atoms with E-state index >= 15 is 0 Å². The molecule has 1 aromatic carbocycles. The van der Waals surface area contributed by atoms with Gasteiger partial charge in [0.2, 0.25) is 0 Å². The van der Waals surface area contributed by atoms with E-state index in [-0.39, 0.29) is 23.1 Å². The average molecular weight is 446 g/mol. The Labute approximate surface area is 185 Å². The number of imide groups is 1. The molecule has 0 aromatic heterocycles. The van der Waals surface area contributed by atoms with Crippen LogP contribution >= 0.6 is 0 Å². The third kappa shape index (κ3) is 4.79. The van der Waals surface area contributed by atoms with Crippen LogP contribution in [-0.2, 0) is 19.1 Å². The molecule has 1 aromatic rings. The van der Waals surface area contributed by atoms with Crippen molar-refractivity contribution in [2.45, 2.75) is 46.1 Å². The molecule has 3 unspecified atom stereocenters. The summed E-state index contributed by atoms with van der Waals surface area (Å²) in [5.74, 6) is -2.45. The zero-order valence-electron chi connectivity index (χ0n) is 18.2. The Balaban J connectivity index is 1.56. The summed E-state index contributed by atoms with van der Waals surface area (Å²) in [6.45, 7) is 4.86. The van der Waals surface area contributed by atoms with Crippen LogP contribution in [0.15, 0.2) is 18.2 Å². The van der Waals surface area contributed by atoms with Crippen molar-refractivity contribution in [1.82, 2.24) is 4.90 Å². The summed E-state index contributed by atoms with van der Waals surface area (Å²) in [6, 6.07) is 3.68. The monoisotopic (exact) mass is 446 g/mol. The van der Waals surface area contributed by atoms with E-state index in [2.05, 4.69) is 20.8 Å². The van der Waals surface area contributed by atoms with Crippen molar-refractivity contribution in [3.63, 3.8) is 0 Å². The minimum Gasteiger partial charge on any atom is -0.460 e. The number of hydrogen-bond acceptors (Lipinski definition) is 8. The van der Waals surface area contributed by atoms with E-state index < -0.39 is 47.5 Å². The van der Waals surface area contributed by atoms with Crippen molar-refractivity contribution < 1.29 is 33.6 Å². The van der Waals surface area contributed by atoms with Gasteiger partial charge in [0.1, 0.15) is 18.2 Å². The number of nitrogens with zero attached hydrogens (tertiary/aromatic N) is 2. The van der Waals surface area contributed by atoms with E-state index in [1.807, 2.05) is 0 Å². The van der Waals surface area contributed by atoms with Crippen molar-refractivity contribution in [1.29, 1.82) is 0 Å². The number of benzene rings is 1. The second kappa shape index (κ2) is 9.46. The molecule has 2 amide bonds. The van der Waals surface area contributed by atoms with Gasteiger partial charge in [0, 0.05) is 6.07 Å². The van der Waals surface area contributed by atoms with Crippen LogP contribution in [0.4, 0.5) is 5.69 Å². The van der Waals surface area contributed by atoms with Crippen LogP contribution in [0.3, 0.4) is 0 Å². The Morgan fingerprint density at radius 3 is 2.56 bits per heavy atom. The van der Waals surface area contributed by atoms with Crippen LogP contribution in [0.25, 0.3) is 0 Å². The normalized spacial score (nSPS) is 22.6. The third-order valence-corrected chi connectivity index (χ3v) is 6.06. The molecule has 1 fully saturated rings. The first kappa shape index (κ1) is 23.4. The fourth-order valence-electron chi connectivity index (χ4n) is 4.38. The Morgan fingerprint density at radius 2 is 1.91 bits per heavy atom. The smallest absolute Gasteiger partial charge is 0.344 e. The minimum absolute atomic E-state index is 0.150. The molecule has 0 bridgehead atoms. The molecule has 10 nitrogen and oxygen atoms in total. The summed E-state index contributed by atoms with van der Waals surface area (Å²) in [7, 11) is 0. The number of esters is 2. The number of nitro groups is 1. The number of rotatable bonds is 7. The Kier molecular flexibility index (Phi) is 6.90. The Bertz CT molecular complexity index is 957. The summed E-state index contributed by atoms with van der Waals surface area (Å²) < 4.78 is 10.5. The van der Waals surface area contributed by atoms with Crippen LogP contribution in [0.2, 0.25) is 0 Å². The number of amides is 2. The Hall–Kier alpha value is -3.30. The number of ether oxygens (including phenoxy) is 2. The van der Waals surface area contributed by atoms with Crippen molar-refractivity contribution in [3.8, 4) is 0 Å². The molecule has 1 aliphatic heterocycles. The summed E-state index contributed by atoms with van der Waals surface area (Å²) in [6.07, 6.45) is 2.53. The summed E-state index contributed by atoms with van der Waals surface area (Å²) >= 11 is 0. The first-order valence-electron chi connectivity index (χ1n) is 10.6. The molecule has 0 radical (unpaired) electrons. The molecule has 32 heavy (non-hydrogen) atoms. The SMILES string of the molecule is CC1CCC(C(C)C)C(OC(=O)COC(=O)CN2C(=O)c3cccc([N+](=O)[O-])c3C2=O)C1. The number of carbonyl (C=O) groups is 4. The summed E-state index contributed by atoms with van der Waals surface area (Å²) in [5, 5.41) is 11.1. The van der Waals surface area contributed by atoms with Crippen LogP contribution in [-0.4, -0.2) is 52.8 Å². The first-order valence-corrected chi connectivity index (χ1v) is 10.6. The zero-order valence-corrected chi connectivity index (χ0v) is 18.2. The van der Waals surface area contributed by atoms with Gasteiger partial charge in [-0.3, -0.25) is 29.4 Å². The van der Waals surface area contributed by atoms with Crippen LogP contribution in [0.5, 0.6) is 0 Å². The van der Waals surface area contributed by atoms with Gasteiger partial charge in [-0.2, -0.15) is 0 Å². The molecule has 2 aliphatic rings. The van der Waals surface area contributed by atoms with Crippen molar-refractivity contribution in [2.24, 2.45) is 17.8 Å². The molecule has 10 heteroatoms. The summed E-state index contributed by atoms with van der Waals surface area (Å²) in [5.41, 5.74) is -1.02. The molecule has 1 saturated carbocycles. The third-order valence-electron chi connectivity index (χ3n) is 6.06. The fraction of sp³-hybridized carbons (Fsp3) is 0.545. The van der Waals surface area contributed by atoms with Gasteiger partial charge in [0.25, 0.3) is 17.5 Å². The standard InChI is InChI=1S/C22H26N2O8/c1-12(2)14-8-7-13(3)9-17(14)32-19(26)11-31-18(25)10-23-21(27)15-5-4-6-16(24(29)30)20(15)22(23)28/h4-6,12-14,17H,7-11H2,1-3H3. The van der Waals surface area contributed by atoms with Gasteiger partial charge in [-0.15, -0.1) is 0 Å². The summed E-state index contributed by atoms with van der Waals surface area (Å²) in [4.78, 5) is 60.3. The lowest BCUT2D eigenvalue weighted by atomic mass is 9.75. The highest BCUT2D eigenvalue weighted by Crippen LogP contribution is 2.35. The topological polar surface area (TPSA) is 133 Å². The quantitative estimate of drug-likeness (QED) is 0.270. The minimum atomic E-state index is -0.989. The van der Waals surface area contributed by atoms with Gasteiger partial charge in [-0.1, -0.05) is 33.3 Å². The molecule has 1 aliphatic carbocycles. The van der Waals surface area contributed by atoms with Gasteiger partial charge in [0.05, 0.1) is 10.5 Å². The van der Waals surface area contributed by atoms with E-state index in [0.29, 0.717) is 16.7 Å². The Morgan fingerprint density at radius 1 is 1.19 bits per heavy atom. The van der Waals surface area contributed by atoms with Gasteiger partial charge < -0.3 is 9.47 Å². The highest BCUT2D eigenvalue weighted by Gasteiger charge is 2.42. The predicted octanol–water partition coefficient (Wildman–Crippen LogP) is 2.74. The number of carbonyl (C=O) groups excluding carboxylic acids is 4. The lowest BCUT2D eigenvalue weighted by molar-refractivity contribution is -0.385. The van der Waals surface area contributed by atoms with Gasteiger partial charge in [-0.05, 0) is 36.7 Å². The molecule has 0 spiro atoms. The average Bonchev–Trinajstić information content (AvgIpc) is 2.97. The van der Waals surface area contributed by atoms with E-state index in [4.69, 9.17) is 9.47 Å². The molecule has 0 N–H and O–H groups in total. The molecule has 3 atom stereocenters. The van der Waals surface area contributed by atoms with E-state index in [0.717, 1.165) is 25.3 Å². The first-order chi connectivity index (χ1) is 15.1. The number of nitro benzene ring substituents is 1. The second-order valence-corrected chi connectivity index (χ2v) is 8.67. The van der Waals surface area contributed by atoms with Gasteiger partial charge in [-0.25, -0.2) is 4.79 Å². The maximum absolute atomic E-state index is 12.5. The molecular formula is C22H26N2O8. The van der Waals surface area contributed by atoms with Crippen LogP contribution < -0.4 is 0 Å². The predicted molar refractivity (Wildman–Crippen MR) is 111 cm³/mol. The molecule has 3 rings (SSSR count). The van der Waals surface area contributed by atoms with Gasteiger partial charge in [0.15, 0.2) is 6.61 Å². The molecular weight excluding hydrogens is 420 g/mol. The van der Waals surface area contributed by atoms with E-state index in [1.165, 1.54) is 12.1 Å². The molecule has 1 heterocycles. The largest absolute Gasteiger partial charge is 0.460 e. The van der Waals surface area contributed by atoms with Crippen molar-refractivity contribution in [3.05, 3.63) is 39.4 Å². The highest BCUT2D eigenvalue weighted by atomic mass is 16.6. The molecule has 0 saturated heterocycles. The van der Waals surface area contributed by atoms with E-state index in [1.54, 1.807) is 0 Å². The fourth-order valence-corrected chi connectivity index (χ4v) is 4.38. The maximum Gasteiger partial charge on any atom is 0.344 e. The van der Waals surface area contributed by atoms with Crippen molar-refractivity contribution in [2.75, 3.05) is 13.2 Å². The van der Waals surface area contributed by atoms with Gasteiger partial charge >= 0.3 is 11.9 Å². The number of hydrogen-bond donors (Lipinski definition) is 0. The number of fused-ring (bicyclic) bond motifs is 1. The molecule has 172 valence electrons. The lowest BCUT2D eigenvalue weighted by Gasteiger charge is -2.36. The maximum atomic E-state index is 12.5. The van der Waals surface area contributed by atoms with Crippen LogP contribution in [0, 0.1) is 27.9 Å². The lowest BCUT2D eigenvalue weighted by Crippen LogP contribution is -2.38. The van der Waals surface area contributed by atoms with Crippen LogP contribution in [0.1, 0.15) is 60.7 Å². The highest BCUT2D eigenvalue weighted by molar-refractivity contribution is 6.24. The van der Waals surface area contributed by atoms with E-state index in [9.17, 15) is 29.3 Å². The zero-order chi connectivity index (χ0) is 23.6.